The summed E-state index contributed by atoms with van der Waals surface area (Å²) in [7, 11) is -5.94. The molecule has 0 radical (unpaired) electrons. The van der Waals surface area contributed by atoms with Crippen LogP contribution in [0, 0.1) is 0 Å². The number of rotatable bonds is 8. The van der Waals surface area contributed by atoms with E-state index in [0.717, 1.165) is 43.2 Å². The number of hydrogen-bond acceptors (Lipinski definition) is 6. The molecule has 6 aromatic carbocycles. The van der Waals surface area contributed by atoms with E-state index in [2.05, 4.69) is 4.90 Å². The Hall–Kier alpha value is -5.32. The summed E-state index contributed by atoms with van der Waals surface area (Å²) in [5, 5.41) is 1.28. The second-order valence-corrected chi connectivity index (χ2v) is 13.2. The number of anilines is 6. The lowest BCUT2D eigenvalue weighted by atomic mass is 10.1. The molecule has 0 aliphatic carbocycles. The Balaban J connectivity index is 1.50. The van der Waals surface area contributed by atoms with Crippen LogP contribution in [-0.2, 0) is 10.1 Å². The van der Waals surface area contributed by atoms with Crippen molar-refractivity contribution in [2.45, 2.75) is 5.51 Å². The van der Waals surface area contributed by atoms with E-state index >= 15 is 0 Å². The van der Waals surface area contributed by atoms with E-state index in [0.29, 0.717) is 11.1 Å². The fourth-order valence-electron chi connectivity index (χ4n) is 5.53. The summed E-state index contributed by atoms with van der Waals surface area (Å²) in [6.07, 6.45) is 0. The Morgan fingerprint density at radius 3 is 1.47 bits per heavy atom. The molecule has 7 rings (SSSR count). The lowest BCUT2D eigenvalue weighted by Gasteiger charge is -2.26. The van der Waals surface area contributed by atoms with Crippen molar-refractivity contribution in [3.8, 4) is 5.75 Å². The zero-order chi connectivity index (χ0) is 32.6. The minimum absolute atomic E-state index is 0.449. The highest BCUT2D eigenvalue weighted by molar-refractivity contribution is 7.88. The van der Waals surface area contributed by atoms with Crippen molar-refractivity contribution in [2.24, 2.45) is 0 Å². The number of halogens is 3. The van der Waals surface area contributed by atoms with E-state index in [1.54, 1.807) is 0 Å². The van der Waals surface area contributed by atoms with Gasteiger partial charge in [-0.1, -0.05) is 72.8 Å². The van der Waals surface area contributed by atoms with Crippen LogP contribution in [0.2, 0.25) is 0 Å². The second kappa shape index (κ2) is 12.1. The quantitative estimate of drug-likeness (QED) is 0.119. The minimum atomic E-state index is -5.94. The molecule has 0 aliphatic heterocycles. The molecular formula is C37H25F3N2O3S2. The van der Waals surface area contributed by atoms with Gasteiger partial charge >= 0.3 is 15.6 Å². The third-order valence-corrected chi connectivity index (χ3v) is 9.74. The van der Waals surface area contributed by atoms with Crippen molar-refractivity contribution in [2.75, 3.05) is 9.80 Å². The van der Waals surface area contributed by atoms with Crippen LogP contribution < -0.4 is 14.0 Å². The first-order valence-electron chi connectivity index (χ1n) is 14.5. The summed E-state index contributed by atoms with van der Waals surface area (Å²) in [6, 6.07) is 46.9. The predicted molar refractivity (Wildman–Crippen MR) is 184 cm³/mol. The normalized spacial score (nSPS) is 11.9. The zero-order valence-corrected chi connectivity index (χ0v) is 26.1. The second-order valence-electron chi connectivity index (χ2n) is 10.6. The molecule has 7 aromatic rings. The van der Waals surface area contributed by atoms with Gasteiger partial charge < -0.3 is 14.0 Å². The van der Waals surface area contributed by atoms with E-state index in [1.807, 2.05) is 144 Å². The maximum atomic E-state index is 13.6. The van der Waals surface area contributed by atoms with Gasteiger partial charge in [0, 0.05) is 50.0 Å². The first-order chi connectivity index (χ1) is 22.7. The summed E-state index contributed by atoms with van der Waals surface area (Å²) in [5.41, 5.74) is -1.03. The Kier molecular flexibility index (Phi) is 7.83. The van der Waals surface area contributed by atoms with Crippen LogP contribution in [-0.4, -0.2) is 13.9 Å². The molecule has 0 unspecified atom stereocenters. The maximum absolute atomic E-state index is 13.6. The zero-order valence-electron chi connectivity index (χ0n) is 24.5. The van der Waals surface area contributed by atoms with Crippen molar-refractivity contribution in [1.82, 2.24) is 0 Å². The SMILES string of the molecule is O=S(=O)(Oc1cc(N(c2ccccc2)c2ccccc2)c2sc3ccc(N(c4ccccc4)c4ccccc4)cc3c2c1)C(F)(F)F. The largest absolute Gasteiger partial charge is 0.534 e. The molecule has 0 amide bonds. The van der Waals surface area contributed by atoms with Crippen LogP contribution >= 0.6 is 11.3 Å². The molecule has 0 spiro atoms. The van der Waals surface area contributed by atoms with Crippen LogP contribution in [0.5, 0.6) is 5.75 Å². The predicted octanol–water partition coefficient (Wildman–Crippen LogP) is 11.2. The molecular weight excluding hydrogens is 642 g/mol. The summed E-state index contributed by atoms with van der Waals surface area (Å²) >= 11 is 1.46. The highest BCUT2D eigenvalue weighted by Crippen LogP contribution is 2.48. The third kappa shape index (κ3) is 5.89. The standard InChI is InChI=1S/C37H25F3N2O3S2/c38-37(39,40)47(43,44)45-31-24-33-32-23-30(41(26-13-5-1-6-14-26)27-15-7-2-8-16-27)21-22-35(32)46-36(33)34(25-31)42(28-17-9-3-10-18-28)29-19-11-4-12-20-29/h1-25H. The van der Waals surface area contributed by atoms with E-state index in [9.17, 15) is 21.6 Å². The lowest BCUT2D eigenvalue weighted by molar-refractivity contribution is -0.0500. The van der Waals surface area contributed by atoms with Gasteiger partial charge in [0.25, 0.3) is 0 Å². The van der Waals surface area contributed by atoms with E-state index < -0.39 is 21.4 Å². The van der Waals surface area contributed by atoms with E-state index in [4.69, 9.17) is 4.18 Å². The average Bonchev–Trinajstić information content (AvgIpc) is 3.44. The van der Waals surface area contributed by atoms with Crippen molar-refractivity contribution in [3.63, 3.8) is 0 Å². The minimum Gasteiger partial charge on any atom is -0.376 e. The van der Waals surface area contributed by atoms with Crippen LogP contribution in [0.3, 0.4) is 0 Å². The van der Waals surface area contributed by atoms with Gasteiger partial charge in [-0.3, -0.25) is 0 Å². The highest BCUT2D eigenvalue weighted by atomic mass is 32.2. The first kappa shape index (κ1) is 30.3. The molecule has 1 aromatic heterocycles. The topological polar surface area (TPSA) is 49.9 Å². The fourth-order valence-corrected chi connectivity index (χ4v) is 7.14. The molecule has 1 heterocycles. The summed E-state index contributed by atoms with van der Waals surface area (Å²) in [5.74, 6) is -0.449. The van der Waals surface area contributed by atoms with Crippen molar-refractivity contribution >= 4 is 75.8 Å². The highest BCUT2D eigenvalue weighted by Gasteiger charge is 2.48. The molecule has 0 fully saturated rings. The molecule has 0 aliphatic rings. The first-order valence-corrected chi connectivity index (χ1v) is 16.7. The van der Waals surface area contributed by atoms with Gasteiger partial charge in [0.1, 0.15) is 5.75 Å². The van der Waals surface area contributed by atoms with Crippen molar-refractivity contribution < 1.29 is 25.8 Å². The molecule has 0 saturated heterocycles. The Labute approximate surface area is 273 Å². The Morgan fingerprint density at radius 1 is 0.532 bits per heavy atom. The number of thiophene rings is 1. The lowest BCUT2D eigenvalue weighted by Crippen LogP contribution is -2.28. The van der Waals surface area contributed by atoms with Gasteiger partial charge in [0.05, 0.1) is 10.4 Å². The van der Waals surface area contributed by atoms with Gasteiger partial charge in [-0.2, -0.15) is 21.6 Å². The summed E-state index contributed by atoms with van der Waals surface area (Å²) in [4.78, 5) is 3.96. The van der Waals surface area contributed by atoms with Gasteiger partial charge in [-0.15, -0.1) is 11.3 Å². The van der Waals surface area contributed by atoms with Gasteiger partial charge in [-0.05, 0) is 72.8 Å². The molecule has 47 heavy (non-hydrogen) atoms. The Morgan fingerprint density at radius 2 is 1.00 bits per heavy atom. The van der Waals surface area contributed by atoms with Gasteiger partial charge in [0.2, 0.25) is 0 Å². The monoisotopic (exact) mass is 666 g/mol. The fraction of sp³-hybridized carbons (Fsp3) is 0.0270. The van der Waals surface area contributed by atoms with Crippen LogP contribution in [0.1, 0.15) is 0 Å². The summed E-state index contributed by atoms with van der Waals surface area (Å²) in [6.45, 7) is 0. The number of benzene rings is 6. The molecule has 0 saturated carbocycles. The number of hydrogen-bond donors (Lipinski definition) is 0. The molecule has 234 valence electrons. The van der Waals surface area contributed by atoms with Gasteiger partial charge in [-0.25, -0.2) is 0 Å². The van der Waals surface area contributed by atoms with Crippen molar-refractivity contribution in [1.29, 1.82) is 0 Å². The van der Waals surface area contributed by atoms with E-state index in [-0.39, 0.29) is 0 Å². The number of nitrogens with zero attached hydrogens (tertiary/aromatic N) is 2. The van der Waals surface area contributed by atoms with Crippen LogP contribution in [0.15, 0.2) is 152 Å². The molecule has 0 bridgehead atoms. The number of para-hydroxylation sites is 4. The van der Waals surface area contributed by atoms with Crippen LogP contribution in [0.25, 0.3) is 20.2 Å². The van der Waals surface area contributed by atoms with Gasteiger partial charge in [0.15, 0.2) is 0 Å². The molecule has 0 atom stereocenters. The summed E-state index contributed by atoms with van der Waals surface area (Å²) < 4.78 is 71.6. The smallest absolute Gasteiger partial charge is 0.376 e. The maximum Gasteiger partial charge on any atom is 0.534 e. The van der Waals surface area contributed by atoms with Crippen molar-refractivity contribution in [3.05, 3.63) is 152 Å². The van der Waals surface area contributed by atoms with E-state index in [1.165, 1.54) is 23.5 Å². The molecule has 10 heteroatoms. The van der Waals surface area contributed by atoms with Crippen LogP contribution in [0.4, 0.5) is 47.3 Å². The number of alkyl halides is 3. The molecule has 0 N–H and O–H groups in total. The Bertz CT molecular complexity index is 2200. The average molecular weight is 667 g/mol. The number of fused-ring (bicyclic) bond motifs is 3. The molecule has 5 nitrogen and oxygen atoms in total. The third-order valence-electron chi connectivity index (χ3n) is 7.55.